The van der Waals surface area contributed by atoms with E-state index in [1.54, 1.807) is 18.5 Å². The molecule has 2 aromatic heterocycles. The first-order chi connectivity index (χ1) is 6.80. The van der Waals surface area contributed by atoms with E-state index in [0.717, 1.165) is 0 Å². The topological polar surface area (TPSA) is 76.2 Å². The second-order valence-corrected chi connectivity index (χ2v) is 2.22. The highest BCUT2D eigenvalue weighted by molar-refractivity contribution is 5.86. The van der Waals surface area contributed by atoms with Crippen LogP contribution in [0.15, 0.2) is 47.8 Å². The molecule has 0 saturated heterocycles. The summed E-state index contributed by atoms with van der Waals surface area (Å²) in [4.78, 5) is 17.3. The Balaban J connectivity index is 0.000000146. The summed E-state index contributed by atoms with van der Waals surface area (Å²) in [5, 5.41) is 8.21. The number of furan rings is 1. The van der Waals surface area contributed by atoms with Crippen LogP contribution in [0.4, 0.5) is 0 Å². The molecule has 5 nitrogen and oxygen atoms in total. The van der Waals surface area contributed by atoms with Crippen molar-refractivity contribution in [3.8, 4) is 0 Å². The third kappa shape index (κ3) is 3.48. The molecule has 0 amide bonds. The van der Waals surface area contributed by atoms with Crippen molar-refractivity contribution < 1.29 is 14.3 Å². The average molecular weight is 192 g/mol. The molecule has 0 bridgehead atoms. The first-order valence-corrected chi connectivity index (χ1v) is 3.76. The highest BCUT2D eigenvalue weighted by Gasteiger charge is 2.00. The van der Waals surface area contributed by atoms with Gasteiger partial charge in [-0.3, -0.25) is 0 Å². The standard InChI is InChI=1S/C5H4O3.C4H4N2/c6-5(7)4-1-2-8-3-4;1-2-5-4-6-3-1/h1-3H,(H,6,7);1-4H. The van der Waals surface area contributed by atoms with E-state index < -0.39 is 5.97 Å². The Hall–Kier alpha value is -2.17. The van der Waals surface area contributed by atoms with Crippen molar-refractivity contribution in [1.29, 1.82) is 0 Å². The van der Waals surface area contributed by atoms with Gasteiger partial charge in [-0.1, -0.05) is 0 Å². The lowest BCUT2D eigenvalue weighted by molar-refractivity contribution is 0.0696. The molecule has 0 spiro atoms. The van der Waals surface area contributed by atoms with E-state index in [1.165, 1.54) is 24.9 Å². The Labute approximate surface area is 80.0 Å². The number of carboxylic acid groups (broad SMARTS) is 1. The van der Waals surface area contributed by atoms with Crippen molar-refractivity contribution in [2.75, 3.05) is 0 Å². The van der Waals surface area contributed by atoms with E-state index >= 15 is 0 Å². The van der Waals surface area contributed by atoms with Crippen molar-refractivity contribution in [3.63, 3.8) is 0 Å². The lowest BCUT2D eigenvalue weighted by Gasteiger charge is -1.77. The number of nitrogens with zero attached hydrogens (tertiary/aromatic N) is 2. The van der Waals surface area contributed by atoms with E-state index in [1.807, 2.05) is 0 Å². The first-order valence-electron chi connectivity index (χ1n) is 3.76. The van der Waals surface area contributed by atoms with Crippen molar-refractivity contribution in [2.24, 2.45) is 0 Å². The second-order valence-electron chi connectivity index (χ2n) is 2.22. The van der Waals surface area contributed by atoms with Crippen LogP contribution in [0.2, 0.25) is 0 Å². The Morgan fingerprint density at radius 1 is 1.36 bits per heavy atom. The molecule has 2 heterocycles. The summed E-state index contributed by atoms with van der Waals surface area (Å²) >= 11 is 0. The quantitative estimate of drug-likeness (QED) is 0.740. The monoisotopic (exact) mass is 192 g/mol. The molecule has 0 unspecified atom stereocenters. The minimum absolute atomic E-state index is 0.185. The van der Waals surface area contributed by atoms with Crippen molar-refractivity contribution in [2.45, 2.75) is 0 Å². The average Bonchev–Trinajstić information content (AvgIpc) is 2.74. The Bertz CT molecular complexity index is 332. The smallest absolute Gasteiger partial charge is 0.338 e. The van der Waals surface area contributed by atoms with Crippen LogP contribution in [0.5, 0.6) is 0 Å². The third-order valence-electron chi connectivity index (χ3n) is 1.25. The maximum Gasteiger partial charge on any atom is 0.338 e. The van der Waals surface area contributed by atoms with Gasteiger partial charge in [0.25, 0.3) is 0 Å². The van der Waals surface area contributed by atoms with Crippen LogP contribution < -0.4 is 0 Å². The Morgan fingerprint density at radius 3 is 2.29 bits per heavy atom. The summed E-state index contributed by atoms with van der Waals surface area (Å²) in [6.45, 7) is 0. The van der Waals surface area contributed by atoms with Gasteiger partial charge in [-0.15, -0.1) is 0 Å². The molecule has 0 aliphatic rings. The molecule has 0 radical (unpaired) electrons. The van der Waals surface area contributed by atoms with Crippen molar-refractivity contribution in [3.05, 3.63) is 48.9 Å². The SMILES string of the molecule is O=C(O)c1ccoc1.c1cncnc1. The van der Waals surface area contributed by atoms with Gasteiger partial charge in [0.05, 0.1) is 11.8 Å². The number of carbonyl (C=O) groups is 1. The van der Waals surface area contributed by atoms with Crippen LogP contribution in [0, 0.1) is 0 Å². The van der Waals surface area contributed by atoms with E-state index in [0.29, 0.717) is 0 Å². The fourth-order valence-electron chi connectivity index (χ4n) is 0.639. The third-order valence-corrected chi connectivity index (χ3v) is 1.25. The van der Waals surface area contributed by atoms with Crippen molar-refractivity contribution in [1.82, 2.24) is 9.97 Å². The van der Waals surface area contributed by atoms with Crippen LogP contribution in [0.3, 0.4) is 0 Å². The summed E-state index contributed by atoms with van der Waals surface area (Å²) in [6, 6.07) is 3.17. The van der Waals surface area contributed by atoms with Crippen LogP contribution in [0.25, 0.3) is 0 Å². The van der Waals surface area contributed by atoms with Crippen LogP contribution >= 0.6 is 0 Å². The van der Waals surface area contributed by atoms with Gasteiger partial charge in [0.15, 0.2) is 0 Å². The van der Waals surface area contributed by atoms with Gasteiger partial charge in [-0.25, -0.2) is 14.8 Å². The normalized spacial score (nSPS) is 8.57. The van der Waals surface area contributed by atoms with Gasteiger partial charge in [0.2, 0.25) is 0 Å². The predicted molar refractivity (Wildman–Crippen MR) is 47.7 cm³/mol. The van der Waals surface area contributed by atoms with Crippen molar-refractivity contribution >= 4 is 5.97 Å². The summed E-state index contributed by atoms with van der Waals surface area (Å²) in [5.74, 6) is -0.959. The maximum absolute atomic E-state index is 10.0. The maximum atomic E-state index is 10.0. The molecule has 0 saturated carbocycles. The molecule has 0 aliphatic heterocycles. The Morgan fingerprint density at radius 2 is 2.07 bits per heavy atom. The van der Waals surface area contributed by atoms with Gasteiger partial charge in [0.1, 0.15) is 12.6 Å². The van der Waals surface area contributed by atoms with Gasteiger partial charge in [0, 0.05) is 12.4 Å². The van der Waals surface area contributed by atoms with E-state index in [2.05, 4.69) is 14.4 Å². The molecule has 0 aliphatic carbocycles. The summed E-state index contributed by atoms with van der Waals surface area (Å²) in [6.07, 6.45) is 7.38. The number of carboxylic acids is 1. The molecule has 0 atom stereocenters. The van der Waals surface area contributed by atoms with Crippen LogP contribution in [-0.2, 0) is 0 Å². The van der Waals surface area contributed by atoms with Crippen LogP contribution in [0.1, 0.15) is 10.4 Å². The largest absolute Gasteiger partial charge is 0.478 e. The minimum atomic E-state index is -0.959. The zero-order valence-electron chi connectivity index (χ0n) is 7.20. The molecule has 72 valence electrons. The van der Waals surface area contributed by atoms with Crippen LogP contribution in [-0.4, -0.2) is 21.0 Å². The van der Waals surface area contributed by atoms with E-state index in [4.69, 9.17) is 5.11 Å². The number of hydrogen-bond acceptors (Lipinski definition) is 4. The van der Waals surface area contributed by atoms with E-state index in [9.17, 15) is 4.79 Å². The second kappa shape index (κ2) is 5.47. The molecule has 14 heavy (non-hydrogen) atoms. The number of aromatic nitrogens is 2. The Kier molecular flexibility index (Phi) is 3.87. The molecular weight excluding hydrogens is 184 g/mol. The number of rotatable bonds is 1. The zero-order chi connectivity index (χ0) is 10.2. The molecule has 0 aromatic carbocycles. The van der Waals surface area contributed by atoms with E-state index in [-0.39, 0.29) is 5.56 Å². The first kappa shape index (κ1) is 9.91. The summed E-state index contributed by atoms with van der Waals surface area (Å²) in [5.41, 5.74) is 0.185. The molecule has 2 rings (SSSR count). The lowest BCUT2D eigenvalue weighted by Crippen LogP contribution is -1.90. The highest BCUT2D eigenvalue weighted by atomic mass is 16.4. The highest BCUT2D eigenvalue weighted by Crippen LogP contribution is 1.97. The van der Waals surface area contributed by atoms with Gasteiger partial charge >= 0.3 is 5.97 Å². The number of aromatic carboxylic acids is 1. The van der Waals surface area contributed by atoms with Gasteiger partial charge < -0.3 is 9.52 Å². The molecular formula is C9H8N2O3. The fraction of sp³-hybridized carbons (Fsp3) is 0. The molecule has 5 heteroatoms. The zero-order valence-corrected chi connectivity index (χ0v) is 7.20. The van der Waals surface area contributed by atoms with Gasteiger partial charge in [-0.2, -0.15) is 0 Å². The fourth-order valence-corrected chi connectivity index (χ4v) is 0.639. The number of hydrogen-bond donors (Lipinski definition) is 1. The summed E-state index contributed by atoms with van der Waals surface area (Å²) in [7, 11) is 0. The lowest BCUT2D eigenvalue weighted by atomic mass is 10.4. The summed E-state index contributed by atoms with van der Waals surface area (Å²) < 4.78 is 4.49. The predicted octanol–water partition coefficient (Wildman–Crippen LogP) is 1.45. The van der Waals surface area contributed by atoms with Gasteiger partial charge in [-0.05, 0) is 12.1 Å². The molecule has 1 N–H and O–H groups in total. The minimum Gasteiger partial charge on any atom is -0.478 e. The molecule has 0 fully saturated rings. The molecule has 2 aromatic rings.